The normalized spacial score (nSPS) is 11.0. The van der Waals surface area contributed by atoms with E-state index in [1.807, 2.05) is 24.6 Å². The molecular formula is C14H19ClN4S. The molecule has 0 atom stereocenters. The number of hydrogen-bond donors (Lipinski definition) is 1. The van der Waals surface area contributed by atoms with Gasteiger partial charge >= 0.3 is 0 Å². The van der Waals surface area contributed by atoms with E-state index < -0.39 is 0 Å². The van der Waals surface area contributed by atoms with Gasteiger partial charge in [0, 0.05) is 23.5 Å². The van der Waals surface area contributed by atoms with Crippen LogP contribution in [0.15, 0.2) is 28.3 Å². The summed E-state index contributed by atoms with van der Waals surface area (Å²) < 4.78 is 1.97. The average molecular weight is 311 g/mol. The number of aryl methyl sites for hydroxylation is 1. The van der Waals surface area contributed by atoms with Crippen molar-refractivity contribution in [2.24, 2.45) is 7.05 Å². The molecule has 0 aliphatic rings. The molecule has 2 rings (SSSR count). The molecule has 1 aromatic heterocycles. The third-order valence-corrected chi connectivity index (χ3v) is 4.41. The van der Waals surface area contributed by atoms with Crippen molar-refractivity contribution < 1.29 is 0 Å². The van der Waals surface area contributed by atoms with Gasteiger partial charge in [0.05, 0.1) is 0 Å². The highest BCUT2D eigenvalue weighted by molar-refractivity contribution is 7.99. The quantitative estimate of drug-likeness (QED) is 0.830. The van der Waals surface area contributed by atoms with Crippen LogP contribution in [0.5, 0.6) is 0 Å². The first-order valence-corrected chi connectivity index (χ1v) is 7.84. The highest BCUT2D eigenvalue weighted by Gasteiger charge is 2.08. The smallest absolute Gasteiger partial charge is 0.195 e. The third kappa shape index (κ3) is 3.75. The van der Waals surface area contributed by atoms with Gasteiger partial charge in [-0.1, -0.05) is 24.6 Å². The van der Waals surface area contributed by atoms with Crippen LogP contribution in [0, 0.1) is 6.92 Å². The summed E-state index contributed by atoms with van der Waals surface area (Å²) in [6, 6.07) is 6.12. The van der Waals surface area contributed by atoms with Gasteiger partial charge < -0.3 is 9.88 Å². The maximum Gasteiger partial charge on any atom is 0.195 e. The Morgan fingerprint density at radius 3 is 2.75 bits per heavy atom. The zero-order valence-corrected chi connectivity index (χ0v) is 13.6. The van der Waals surface area contributed by atoms with E-state index in [-0.39, 0.29) is 0 Å². The maximum atomic E-state index is 6.32. The molecule has 20 heavy (non-hydrogen) atoms. The lowest BCUT2D eigenvalue weighted by Gasteiger charge is -2.08. The molecular weight excluding hydrogens is 292 g/mol. The van der Waals surface area contributed by atoms with Crippen molar-refractivity contribution in [2.45, 2.75) is 36.9 Å². The SMILES string of the molecule is CCCNCc1ccc(Sc2nnc(C)n2C)cc1Cl. The van der Waals surface area contributed by atoms with Gasteiger partial charge in [0.2, 0.25) is 0 Å². The molecule has 2 aromatic rings. The van der Waals surface area contributed by atoms with Crippen LogP contribution in [0.3, 0.4) is 0 Å². The van der Waals surface area contributed by atoms with Crippen molar-refractivity contribution in [2.75, 3.05) is 6.54 Å². The average Bonchev–Trinajstić information content (AvgIpc) is 2.73. The maximum absolute atomic E-state index is 6.32. The van der Waals surface area contributed by atoms with E-state index >= 15 is 0 Å². The summed E-state index contributed by atoms with van der Waals surface area (Å²) in [6.07, 6.45) is 1.12. The lowest BCUT2D eigenvalue weighted by atomic mass is 10.2. The van der Waals surface area contributed by atoms with E-state index in [1.54, 1.807) is 11.8 Å². The van der Waals surface area contributed by atoms with Gasteiger partial charge in [-0.05, 0) is 49.3 Å². The Kier molecular flexibility index (Phi) is 5.46. The molecule has 0 fully saturated rings. The van der Waals surface area contributed by atoms with Gasteiger partial charge in [-0.3, -0.25) is 0 Å². The molecule has 108 valence electrons. The summed E-state index contributed by atoms with van der Waals surface area (Å²) in [5.41, 5.74) is 1.12. The Balaban J connectivity index is 2.07. The molecule has 0 radical (unpaired) electrons. The van der Waals surface area contributed by atoms with Gasteiger partial charge in [0.15, 0.2) is 5.16 Å². The number of aromatic nitrogens is 3. The first kappa shape index (κ1) is 15.4. The molecule has 0 aliphatic heterocycles. The van der Waals surface area contributed by atoms with Crippen molar-refractivity contribution in [1.29, 1.82) is 0 Å². The number of hydrogen-bond acceptors (Lipinski definition) is 4. The van der Waals surface area contributed by atoms with Crippen LogP contribution in [0.4, 0.5) is 0 Å². The minimum atomic E-state index is 0.789. The van der Waals surface area contributed by atoms with Crippen LogP contribution in [0.1, 0.15) is 24.7 Å². The Labute approximate surface area is 128 Å². The van der Waals surface area contributed by atoms with Crippen molar-refractivity contribution in [3.8, 4) is 0 Å². The van der Waals surface area contributed by atoms with E-state index in [0.29, 0.717) is 0 Å². The molecule has 4 nitrogen and oxygen atoms in total. The van der Waals surface area contributed by atoms with Crippen LogP contribution < -0.4 is 5.32 Å². The molecule has 0 amide bonds. The summed E-state index contributed by atoms with van der Waals surface area (Å²) in [5, 5.41) is 13.2. The van der Waals surface area contributed by atoms with Gasteiger partial charge in [-0.25, -0.2) is 0 Å². The highest BCUT2D eigenvalue weighted by atomic mass is 35.5. The van der Waals surface area contributed by atoms with Crippen LogP contribution in [-0.2, 0) is 13.6 Å². The fourth-order valence-electron chi connectivity index (χ4n) is 1.72. The Morgan fingerprint density at radius 1 is 1.35 bits per heavy atom. The van der Waals surface area contributed by atoms with Crippen LogP contribution in [0.25, 0.3) is 0 Å². The standard InChI is InChI=1S/C14H19ClN4S/c1-4-7-16-9-11-5-6-12(8-13(11)15)20-14-18-17-10(2)19(14)3/h5-6,8,16H,4,7,9H2,1-3H3. The summed E-state index contributed by atoms with van der Waals surface area (Å²) in [6.45, 7) is 5.90. The molecule has 1 aromatic carbocycles. The van der Waals surface area contributed by atoms with Crippen molar-refractivity contribution in [1.82, 2.24) is 20.1 Å². The van der Waals surface area contributed by atoms with Crippen LogP contribution in [-0.4, -0.2) is 21.3 Å². The largest absolute Gasteiger partial charge is 0.313 e. The molecule has 0 unspecified atom stereocenters. The second kappa shape index (κ2) is 7.11. The summed E-state index contributed by atoms with van der Waals surface area (Å²) in [5.74, 6) is 0.902. The predicted molar refractivity (Wildman–Crippen MR) is 83.3 cm³/mol. The number of nitrogens with zero attached hydrogens (tertiary/aromatic N) is 3. The minimum absolute atomic E-state index is 0.789. The molecule has 0 saturated carbocycles. The molecule has 1 N–H and O–H groups in total. The van der Waals surface area contributed by atoms with Crippen molar-refractivity contribution in [3.05, 3.63) is 34.6 Å². The number of benzene rings is 1. The van der Waals surface area contributed by atoms with Gasteiger partial charge in [0.25, 0.3) is 0 Å². The van der Waals surface area contributed by atoms with E-state index in [1.165, 1.54) is 0 Å². The third-order valence-electron chi connectivity index (χ3n) is 3.03. The Bertz CT molecular complexity index is 583. The number of halogens is 1. The molecule has 6 heteroatoms. The zero-order valence-electron chi connectivity index (χ0n) is 12.0. The van der Waals surface area contributed by atoms with Gasteiger partial charge in [-0.2, -0.15) is 0 Å². The minimum Gasteiger partial charge on any atom is -0.313 e. The monoisotopic (exact) mass is 310 g/mol. The topological polar surface area (TPSA) is 42.7 Å². The first-order valence-electron chi connectivity index (χ1n) is 6.64. The zero-order chi connectivity index (χ0) is 14.5. The number of rotatable bonds is 6. The second-order valence-electron chi connectivity index (χ2n) is 4.62. The van der Waals surface area contributed by atoms with E-state index in [2.05, 4.69) is 34.6 Å². The Morgan fingerprint density at radius 2 is 2.15 bits per heavy atom. The Hall–Kier alpha value is -1.04. The van der Waals surface area contributed by atoms with E-state index in [9.17, 15) is 0 Å². The summed E-state index contributed by atoms with van der Waals surface area (Å²) >= 11 is 7.89. The second-order valence-corrected chi connectivity index (χ2v) is 6.07. The van der Waals surface area contributed by atoms with E-state index in [4.69, 9.17) is 11.6 Å². The molecule has 1 heterocycles. The number of nitrogens with one attached hydrogen (secondary N) is 1. The fourth-order valence-corrected chi connectivity index (χ4v) is 2.90. The van der Waals surface area contributed by atoms with Crippen LogP contribution >= 0.6 is 23.4 Å². The lowest BCUT2D eigenvalue weighted by Crippen LogP contribution is -2.13. The van der Waals surface area contributed by atoms with Gasteiger partial charge in [-0.15, -0.1) is 10.2 Å². The molecule has 0 spiro atoms. The van der Waals surface area contributed by atoms with Gasteiger partial charge in [0.1, 0.15) is 5.82 Å². The summed E-state index contributed by atoms with van der Waals surface area (Å²) in [7, 11) is 1.96. The summed E-state index contributed by atoms with van der Waals surface area (Å²) in [4.78, 5) is 1.07. The predicted octanol–water partition coefficient (Wildman–Crippen LogP) is 3.43. The van der Waals surface area contributed by atoms with E-state index in [0.717, 1.165) is 46.0 Å². The lowest BCUT2D eigenvalue weighted by molar-refractivity contribution is 0.675. The van der Waals surface area contributed by atoms with Crippen LogP contribution in [0.2, 0.25) is 5.02 Å². The van der Waals surface area contributed by atoms with Crippen molar-refractivity contribution >= 4 is 23.4 Å². The van der Waals surface area contributed by atoms with Crippen molar-refractivity contribution in [3.63, 3.8) is 0 Å². The fraction of sp³-hybridized carbons (Fsp3) is 0.429. The highest BCUT2D eigenvalue weighted by Crippen LogP contribution is 2.29. The molecule has 0 bridgehead atoms. The molecule has 0 saturated heterocycles. The first-order chi connectivity index (χ1) is 9.61. The molecule has 0 aliphatic carbocycles.